The van der Waals surface area contributed by atoms with Gasteiger partial charge in [0.2, 0.25) is 5.91 Å². The van der Waals surface area contributed by atoms with E-state index in [1.54, 1.807) is 36.0 Å². The maximum atomic E-state index is 11.7. The van der Waals surface area contributed by atoms with Crippen molar-refractivity contribution in [2.45, 2.75) is 12.7 Å². The maximum absolute atomic E-state index is 11.7. The highest BCUT2D eigenvalue weighted by atomic mass is 32.2. The summed E-state index contributed by atoms with van der Waals surface area (Å²) in [6.45, 7) is 1.81. The molecule has 1 amide bonds. The van der Waals surface area contributed by atoms with Gasteiger partial charge in [-0.05, 0) is 42.3 Å². The van der Waals surface area contributed by atoms with Crippen molar-refractivity contribution in [1.29, 1.82) is 0 Å². The van der Waals surface area contributed by atoms with Crippen molar-refractivity contribution >= 4 is 23.4 Å². The zero-order valence-electron chi connectivity index (χ0n) is 12.3. The molecule has 0 aliphatic carbocycles. The van der Waals surface area contributed by atoms with Crippen LogP contribution in [0.1, 0.15) is 18.1 Å². The number of hydrazone groups is 1. The van der Waals surface area contributed by atoms with E-state index in [2.05, 4.69) is 10.5 Å². The fourth-order valence-corrected chi connectivity index (χ4v) is 2.56. The summed E-state index contributed by atoms with van der Waals surface area (Å²) in [6, 6.07) is 16.7. The lowest BCUT2D eigenvalue weighted by Crippen LogP contribution is -2.21. The lowest BCUT2D eigenvalue weighted by Gasteiger charge is -2.04. The van der Waals surface area contributed by atoms with E-state index in [4.69, 9.17) is 0 Å². The third-order valence-corrected chi connectivity index (χ3v) is 3.98. The van der Waals surface area contributed by atoms with Crippen LogP contribution in [-0.4, -0.2) is 22.5 Å². The van der Waals surface area contributed by atoms with E-state index in [-0.39, 0.29) is 11.7 Å². The van der Waals surface area contributed by atoms with Gasteiger partial charge in [0.15, 0.2) is 0 Å². The molecule has 0 aromatic heterocycles. The number of phenols is 1. The number of nitrogens with one attached hydrogen (secondary N) is 1. The summed E-state index contributed by atoms with van der Waals surface area (Å²) in [5, 5.41) is 13.3. The van der Waals surface area contributed by atoms with E-state index in [0.717, 1.165) is 11.3 Å². The summed E-state index contributed by atoms with van der Waals surface area (Å²) in [5.74, 6) is 1.24. The van der Waals surface area contributed by atoms with E-state index in [1.165, 1.54) is 5.56 Å². The van der Waals surface area contributed by atoms with Crippen molar-refractivity contribution in [2.24, 2.45) is 5.10 Å². The van der Waals surface area contributed by atoms with Crippen LogP contribution in [0.2, 0.25) is 0 Å². The largest absolute Gasteiger partial charge is 0.508 e. The molecule has 0 aliphatic heterocycles. The molecule has 2 rings (SSSR count). The smallest absolute Gasteiger partial charge is 0.250 e. The molecule has 0 aliphatic rings. The highest BCUT2D eigenvalue weighted by molar-refractivity contribution is 7.99. The predicted molar refractivity (Wildman–Crippen MR) is 91.1 cm³/mol. The molecule has 2 aromatic carbocycles. The summed E-state index contributed by atoms with van der Waals surface area (Å²) in [4.78, 5) is 11.7. The highest BCUT2D eigenvalue weighted by Crippen LogP contribution is 2.12. The molecule has 0 spiro atoms. The first-order chi connectivity index (χ1) is 10.6. The Bertz CT molecular complexity index is 639. The Kier molecular flexibility index (Phi) is 6.03. The Balaban J connectivity index is 1.77. The van der Waals surface area contributed by atoms with E-state index in [1.807, 2.05) is 37.3 Å². The van der Waals surface area contributed by atoms with Crippen LogP contribution in [-0.2, 0) is 10.5 Å². The Hall–Kier alpha value is -2.27. The van der Waals surface area contributed by atoms with Crippen LogP contribution in [0.5, 0.6) is 5.75 Å². The zero-order chi connectivity index (χ0) is 15.8. The molecule has 0 heterocycles. The summed E-state index contributed by atoms with van der Waals surface area (Å²) < 4.78 is 0. The Morgan fingerprint density at radius 2 is 1.82 bits per heavy atom. The molecule has 4 nitrogen and oxygen atoms in total. The first kappa shape index (κ1) is 16.1. The molecule has 0 saturated heterocycles. The molecule has 0 bridgehead atoms. The van der Waals surface area contributed by atoms with Gasteiger partial charge in [0.25, 0.3) is 0 Å². The van der Waals surface area contributed by atoms with Crippen molar-refractivity contribution in [1.82, 2.24) is 5.43 Å². The van der Waals surface area contributed by atoms with Crippen molar-refractivity contribution in [3.05, 3.63) is 65.7 Å². The fourth-order valence-electron chi connectivity index (χ4n) is 1.78. The maximum Gasteiger partial charge on any atom is 0.250 e. The number of hydrogen-bond donors (Lipinski definition) is 2. The summed E-state index contributed by atoms with van der Waals surface area (Å²) in [5.41, 5.74) is 5.30. The Morgan fingerprint density at radius 1 is 1.14 bits per heavy atom. The third-order valence-electron chi connectivity index (χ3n) is 2.98. The van der Waals surface area contributed by atoms with E-state index in [9.17, 15) is 9.90 Å². The zero-order valence-corrected chi connectivity index (χ0v) is 13.1. The van der Waals surface area contributed by atoms with E-state index < -0.39 is 0 Å². The van der Waals surface area contributed by atoms with Gasteiger partial charge in [-0.3, -0.25) is 4.79 Å². The molecule has 0 saturated carbocycles. The number of hydrogen-bond acceptors (Lipinski definition) is 4. The molecule has 2 aromatic rings. The SMILES string of the molecule is CC(=NNC(=O)CSCc1ccccc1)c1ccc(O)cc1. The van der Waals surface area contributed by atoms with Gasteiger partial charge < -0.3 is 5.11 Å². The predicted octanol–water partition coefficient (Wildman–Crippen LogP) is 3.17. The highest BCUT2D eigenvalue weighted by Gasteiger charge is 2.02. The van der Waals surface area contributed by atoms with Crippen LogP contribution in [0.25, 0.3) is 0 Å². The van der Waals surface area contributed by atoms with Crippen LogP contribution in [0.4, 0.5) is 0 Å². The second-order valence-electron chi connectivity index (χ2n) is 4.76. The molecule has 22 heavy (non-hydrogen) atoms. The molecule has 0 unspecified atom stereocenters. The topological polar surface area (TPSA) is 61.7 Å². The van der Waals surface area contributed by atoms with Crippen molar-refractivity contribution in [3.63, 3.8) is 0 Å². The van der Waals surface area contributed by atoms with Gasteiger partial charge in [0.1, 0.15) is 5.75 Å². The molecule has 0 radical (unpaired) electrons. The lowest BCUT2D eigenvalue weighted by molar-refractivity contribution is -0.118. The Morgan fingerprint density at radius 3 is 2.50 bits per heavy atom. The van der Waals surface area contributed by atoms with Crippen LogP contribution < -0.4 is 5.43 Å². The molecule has 2 N–H and O–H groups in total. The average molecular weight is 314 g/mol. The number of benzene rings is 2. The van der Waals surface area contributed by atoms with Gasteiger partial charge in [-0.25, -0.2) is 5.43 Å². The van der Waals surface area contributed by atoms with Crippen molar-refractivity contribution < 1.29 is 9.90 Å². The minimum atomic E-state index is -0.126. The standard InChI is InChI=1S/C17H18N2O2S/c1-13(15-7-9-16(20)10-8-15)18-19-17(21)12-22-11-14-5-3-2-4-6-14/h2-10,20H,11-12H2,1H3,(H,19,21). The molecular formula is C17H18N2O2S. The molecule has 0 atom stereocenters. The minimum Gasteiger partial charge on any atom is -0.508 e. The third kappa shape index (κ3) is 5.26. The summed E-state index contributed by atoms with van der Waals surface area (Å²) >= 11 is 1.55. The molecular weight excluding hydrogens is 296 g/mol. The number of rotatable bonds is 6. The van der Waals surface area contributed by atoms with Gasteiger partial charge >= 0.3 is 0 Å². The number of amides is 1. The van der Waals surface area contributed by atoms with Crippen molar-refractivity contribution in [3.8, 4) is 5.75 Å². The van der Waals surface area contributed by atoms with Gasteiger partial charge in [-0.1, -0.05) is 30.3 Å². The summed E-state index contributed by atoms with van der Waals surface area (Å²) in [7, 11) is 0. The average Bonchev–Trinajstić information content (AvgIpc) is 2.54. The van der Waals surface area contributed by atoms with Crippen LogP contribution >= 0.6 is 11.8 Å². The van der Waals surface area contributed by atoms with Crippen LogP contribution in [0, 0.1) is 0 Å². The van der Waals surface area contributed by atoms with Gasteiger partial charge in [0, 0.05) is 5.75 Å². The fraction of sp³-hybridized carbons (Fsp3) is 0.176. The van der Waals surface area contributed by atoms with Crippen LogP contribution in [0.15, 0.2) is 59.7 Å². The first-order valence-corrected chi connectivity index (χ1v) is 8.05. The number of thioether (sulfide) groups is 1. The second-order valence-corrected chi connectivity index (χ2v) is 5.74. The van der Waals surface area contributed by atoms with Gasteiger partial charge in [-0.15, -0.1) is 11.8 Å². The number of nitrogens with zero attached hydrogens (tertiary/aromatic N) is 1. The summed E-state index contributed by atoms with van der Waals surface area (Å²) in [6.07, 6.45) is 0. The number of aromatic hydroxyl groups is 1. The van der Waals surface area contributed by atoms with Crippen LogP contribution in [0.3, 0.4) is 0 Å². The Labute approximate surface area is 134 Å². The molecule has 0 fully saturated rings. The first-order valence-electron chi connectivity index (χ1n) is 6.89. The monoisotopic (exact) mass is 314 g/mol. The molecule has 5 heteroatoms. The number of carbonyl (C=O) groups excluding carboxylic acids is 1. The van der Waals surface area contributed by atoms with E-state index in [0.29, 0.717) is 11.5 Å². The second kappa shape index (κ2) is 8.24. The van der Waals surface area contributed by atoms with E-state index >= 15 is 0 Å². The number of phenolic OH excluding ortho intramolecular Hbond substituents is 1. The lowest BCUT2D eigenvalue weighted by atomic mass is 10.1. The van der Waals surface area contributed by atoms with Crippen molar-refractivity contribution in [2.75, 3.05) is 5.75 Å². The van der Waals surface area contributed by atoms with Gasteiger partial charge in [-0.2, -0.15) is 5.10 Å². The normalized spacial score (nSPS) is 11.2. The quantitative estimate of drug-likeness (QED) is 0.636. The minimum absolute atomic E-state index is 0.126. The van der Waals surface area contributed by atoms with Gasteiger partial charge in [0.05, 0.1) is 11.5 Å². The number of carbonyl (C=O) groups is 1. The molecule has 114 valence electrons.